The van der Waals surface area contributed by atoms with Gasteiger partial charge in [-0.15, -0.1) is 0 Å². The highest BCUT2D eigenvalue weighted by Crippen LogP contribution is 2.28. The fourth-order valence-electron chi connectivity index (χ4n) is 1.62. The molecule has 1 rings (SSSR count). The van der Waals surface area contributed by atoms with Gasteiger partial charge in [-0.25, -0.2) is 0 Å². The van der Waals surface area contributed by atoms with Gasteiger partial charge in [-0.2, -0.15) is 0 Å². The summed E-state index contributed by atoms with van der Waals surface area (Å²) in [5, 5.41) is 9.09. The number of benzene rings is 1. The highest BCUT2D eigenvalue weighted by atomic mass is 16.5. The predicted molar refractivity (Wildman–Crippen MR) is 53.1 cm³/mol. The van der Waals surface area contributed by atoms with Gasteiger partial charge >= 0.3 is 0 Å². The summed E-state index contributed by atoms with van der Waals surface area (Å²) in [7, 11) is 1.67. The van der Waals surface area contributed by atoms with Crippen molar-refractivity contribution in [2.24, 2.45) is 0 Å². The summed E-state index contributed by atoms with van der Waals surface area (Å²) in [6, 6.07) is 1.97. The molecule has 0 atom stereocenters. The van der Waals surface area contributed by atoms with Gasteiger partial charge in [-0.05, 0) is 49.1 Å². The Balaban J connectivity index is 3.37. The summed E-state index contributed by atoms with van der Waals surface area (Å²) in [6.45, 7) is 6.10. The van der Waals surface area contributed by atoms with Gasteiger partial charge in [-0.1, -0.05) is 0 Å². The lowest BCUT2D eigenvalue weighted by Crippen LogP contribution is -1.98. The van der Waals surface area contributed by atoms with Gasteiger partial charge in [0.05, 0.1) is 13.7 Å². The summed E-state index contributed by atoms with van der Waals surface area (Å²) in [6.07, 6.45) is 0. The first-order valence-corrected chi connectivity index (χ1v) is 4.36. The van der Waals surface area contributed by atoms with Crippen LogP contribution < -0.4 is 4.74 Å². The maximum atomic E-state index is 9.09. The molecule has 0 amide bonds. The smallest absolute Gasteiger partial charge is 0.124 e. The van der Waals surface area contributed by atoms with E-state index in [1.807, 2.05) is 26.8 Å². The summed E-state index contributed by atoms with van der Waals surface area (Å²) in [5.41, 5.74) is 4.29. The molecule has 1 N–H and O–H groups in total. The van der Waals surface area contributed by atoms with E-state index in [1.54, 1.807) is 7.11 Å². The minimum Gasteiger partial charge on any atom is -0.496 e. The van der Waals surface area contributed by atoms with Gasteiger partial charge in [0.1, 0.15) is 5.75 Å². The van der Waals surface area contributed by atoms with Crippen molar-refractivity contribution in [1.82, 2.24) is 0 Å². The van der Waals surface area contributed by atoms with E-state index < -0.39 is 0 Å². The molecule has 0 saturated carbocycles. The Labute approximate surface area is 79.2 Å². The van der Waals surface area contributed by atoms with Crippen LogP contribution in [-0.4, -0.2) is 12.2 Å². The van der Waals surface area contributed by atoms with Crippen LogP contribution in [0.3, 0.4) is 0 Å². The zero-order chi connectivity index (χ0) is 10.0. The Morgan fingerprint density at radius 2 is 1.85 bits per heavy atom. The standard InChI is InChI=1S/C11H16O2/c1-7-5-10(6-12)8(2)9(3)11(7)13-4/h5,12H,6H2,1-4H3. The Morgan fingerprint density at radius 3 is 2.31 bits per heavy atom. The number of aliphatic hydroxyl groups excluding tert-OH is 1. The minimum absolute atomic E-state index is 0.0947. The Bertz CT molecular complexity index is 316. The van der Waals surface area contributed by atoms with Crippen LogP contribution in [0.25, 0.3) is 0 Å². The molecule has 1 aromatic carbocycles. The number of rotatable bonds is 2. The van der Waals surface area contributed by atoms with E-state index in [2.05, 4.69) is 0 Å². The van der Waals surface area contributed by atoms with E-state index in [0.29, 0.717) is 0 Å². The molecule has 0 aliphatic carbocycles. The van der Waals surface area contributed by atoms with Gasteiger partial charge in [0, 0.05) is 0 Å². The first-order valence-electron chi connectivity index (χ1n) is 4.36. The highest BCUT2D eigenvalue weighted by molar-refractivity contribution is 5.48. The van der Waals surface area contributed by atoms with E-state index in [0.717, 1.165) is 28.0 Å². The molecule has 72 valence electrons. The molecule has 13 heavy (non-hydrogen) atoms. The number of hydrogen-bond acceptors (Lipinski definition) is 2. The van der Waals surface area contributed by atoms with E-state index in [-0.39, 0.29) is 6.61 Å². The molecule has 0 saturated heterocycles. The maximum absolute atomic E-state index is 9.09. The lowest BCUT2D eigenvalue weighted by molar-refractivity contribution is 0.280. The molecule has 0 fully saturated rings. The molecule has 0 heterocycles. The predicted octanol–water partition coefficient (Wildman–Crippen LogP) is 2.11. The quantitative estimate of drug-likeness (QED) is 0.755. The molecule has 2 nitrogen and oxygen atoms in total. The first-order chi connectivity index (χ1) is 6.11. The Kier molecular flexibility index (Phi) is 2.94. The third-order valence-electron chi connectivity index (χ3n) is 2.51. The van der Waals surface area contributed by atoms with E-state index >= 15 is 0 Å². The molecule has 0 aliphatic heterocycles. The van der Waals surface area contributed by atoms with Crippen molar-refractivity contribution in [3.63, 3.8) is 0 Å². The van der Waals surface area contributed by atoms with E-state index in [4.69, 9.17) is 9.84 Å². The van der Waals surface area contributed by atoms with Gasteiger partial charge < -0.3 is 9.84 Å². The molecule has 0 aromatic heterocycles. The van der Waals surface area contributed by atoms with Gasteiger partial charge in [0.2, 0.25) is 0 Å². The third kappa shape index (κ3) is 1.68. The van der Waals surface area contributed by atoms with Crippen LogP contribution in [0, 0.1) is 20.8 Å². The highest BCUT2D eigenvalue weighted by Gasteiger charge is 2.09. The molecule has 0 bridgehead atoms. The molecule has 2 heteroatoms. The molecular formula is C11H16O2. The summed E-state index contributed by atoms with van der Waals surface area (Å²) < 4.78 is 5.27. The monoisotopic (exact) mass is 180 g/mol. The van der Waals surface area contributed by atoms with Crippen molar-refractivity contribution in [2.75, 3.05) is 7.11 Å². The second kappa shape index (κ2) is 3.79. The van der Waals surface area contributed by atoms with Crippen molar-refractivity contribution >= 4 is 0 Å². The van der Waals surface area contributed by atoms with Crippen molar-refractivity contribution in [2.45, 2.75) is 27.4 Å². The molecule has 0 unspecified atom stereocenters. The average molecular weight is 180 g/mol. The van der Waals surface area contributed by atoms with E-state index in [1.165, 1.54) is 0 Å². The van der Waals surface area contributed by atoms with Crippen LogP contribution in [0.1, 0.15) is 22.3 Å². The van der Waals surface area contributed by atoms with Gasteiger partial charge in [0.15, 0.2) is 0 Å². The summed E-state index contributed by atoms with van der Waals surface area (Å²) in [4.78, 5) is 0. The Hall–Kier alpha value is -1.02. The van der Waals surface area contributed by atoms with Crippen molar-refractivity contribution < 1.29 is 9.84 Å². The fraction of sp³-hybridized carbons (Fsp3) is 0.455. The number of aliphatic hydroxyl groups is 1. The lowest BCUT2D eigenvalue weighted by atomic mass is 9.99. The normalized spacial score (nSPS) is 10.2. The van der Waals surface area contributed by atoms with Crippen molar-refractivity contribution in [3.05, 3.63) is 28.3 Å². The fourth-order valence-corrected chi connectivity index (χ4v) is 1.62. The lowest BCUT2D eigenvalue weighted by Gasteiger charge is -2.14. The van der Waals surface area contributed by atoms with Crippen LogP contribution >= 0.6 is 0 Å². The second-order valence-corrected chi connectivity index (χ2v) is 3.29. The average Bonchev–Trinajstić information content (AvgIpc) is 2.12. The van der Waals surface area contributed by atoms with Crippen molar-refractivity contribution in [3.8, 4) is 5.75 Å². The molecule has 0 aliphatic rings. The largest absolute Gasteiger partial charge is 0.496 e. The van der Waals surface area contributed by atoms with Crippen molar-refractivity contribution in [1.29, 1.82) is 0 Å². The topological polar surface area (TPSA) is 29.5 Å². The van der Waals surface area contributed by atoms with Crippen LogP contribution in [0.4, 0.5) is 0 Å². The molecular weight excluding hydrogens is 164 g/mol. The molecule has 1 aromatic rings. The SMILES string of the molecule is COc1c(C)cc(CO)c(C)c1C. The Morgan fingerprint density at radius 1 is 1.23 bits per heavy atom. The number of aryl methyl sites for hydroxylation is 1. The molecule has 0 radical (unpaired) electrons. The summed E-state index contributed by atoms with van der Waals surface area (Å²) in [5.74, 6) is 0.926. The number of hydrogen-bond donors (Lipinski definition) is 1. The van der Waals surface area contributed by atoms with Crippen LogP contribution in [0.2, 0.25) is 0 Å². The second-order valence-electron chi connectivity index (χ2n) is 3.29. The van der Waals surface area contributed by atoms with Crippen LogP contribution in [-0.2, 0) is 6.61 Å². The molecule has 0 spiro atoms. The van der Waals surface area contributed by atoms with Crippen LogP contribution in [0.5, 0.6) is 5.75 Å². The summed E-state index contributed by atoms with van der Waals surface area (Å²) >= 11 is 0. The van der Waals surface area contributed by atoms with E-state index in [9.17, 15) is 0 Å². The minimum atomic E-state index is 0.0947. The zero-order valence-corrected chi connectivity index (χ0v) is 8.64. The zero-order valence-electron chi connectivity index (χ0n) is 8.64. The van der Waals surface area contributed by atoms with Gasteiger partial charge in [-0.3, -0.25) is 0 Å². The van der Waals surface area contributed by atoms with Gasteiger partial charge in [0.25, 0.3) is 0 Å². The maximum Gasteiger partial charge on any atom is 0.124 e. The first kappa shape index (κ1) is 10.1. The number of ether oxygens (including phenoxy) is 1. The number of methoxy groups -OCH3 is 1. The van der Waals surface area contributed by atoms with Crippen LogP contribution in [0.15, 0.2) is 6.07 Å². The third-order valence-corrected chi connectivity index (χ3v) is 2.51.